The van der Waals surface area contributed by atoms with Gasteiger partial charge in [-0.15, -0.1) is 11.3 Å². The van der Waals surface area contributed by atoms with Crippen LogP contribution in [0.5, 0.6) is 0 Å². The fourth-order valence-corrected chi connectivity index (χ4v) is 3.19. The topological polar surface area (TPSA) is 90.3 Å². The van der Waals surface area contributed by atoms with Gasteiger partial charge in [-0.05, 0) is 32.8 Å². The molecule has 0 aromatic carbocycles. The molecule has 1 amide bonds. The second kappa shape index (κ2) is 7.57. The van der Waals surface area contributed by atoms with Crippen LogP contribution in [0, 0.1) is 13.8 Å². The lowest BCUT2D eigenvalue weighted by molar-refractivity contribution is -0.155. The van der Waals surface area contributed by atoms with Gasteiger partial charge in [0.05, 0.1) is 11.7 Å². The van der Waals surface area contributed by atoms with Crippen LogP contribution in [0.3, 0.4) is 0 Å². The van der Waals surface area contributed by atoms with Crippen LogP contribution in [-0.2, 0) is 20.9 Å². The highest BCUT2D eigenvalue weighted by atomic mass is 32.1. The molecule has 0 unspecified atom stereocenters. The molecule has 2 rings (SSSR count). The molecule has 2 aromatic heterocycles. The second-order valence-electron chi connectivity index (χ2n) is 5.56. The molecule has 1 atom stereocenters. The minimum atomic E-state index is -0.901. The maximum Gasteiger partial charge on any atom is 0.326 e. The number of amides is 1. The van der Waals surface area contributed by atoms with Crippen LogP contribution in [0.25, 0.3) is 10.2 Å². The lowest BCUT2D eigenvalue weighted by Gasteiger charge is -2.13. The first-order valence-corrected chi connectivity index (χ1v) is 8.59. The van der Waals surface area contributed by atoms with Crippen LogP contribution in [0.4, 0.5) is 0 Å². The molecule has 0 saturated heterocycles. The Labute approximate surface area is 143 Å². The lowest BCUT2D eigenvalue weighted by Crippen LogP contribution is -2.37. The molecule has 0 radical (unpaired) electrons. The Morgan fingerprint density at radius 2 is 2.12 bits per heavy atom. The maximum atomic E-state index is 12.5. The quantitative estimate of drug-likeness (QED) is 0.797. The zero-order valence-electron chi connectivity index (χ0n) is 14.2. The summed E-state index contributed by atoms with van der Waals surface area (Å²) in [5, 5.41) is 3.18. The van der Waals surface area contributed by atoms with Gasteiger partial charge in [0.2, 0.25) is 0 Å². The van der Waals surface area contributed by atoms with E-state index < -0.39 is 12.1 Å². The smallest absolute Gasteiger partial charge is 0.326 e. The standard InChI is InChI=1S/C16H21N3O4S/c1-5-6-17-14(21)10(3)23-12(20)7-19-8-18-15-13(16(19)22)9(2)11(4)24-15/h8,10H,5-7H2,1-4H3,(H,17,21)/t10-/m1/s1. The SMILES string of the molecule is CCCNC(=O)[C@@H](C)OC(=O)Cn1cnc2sc(C)c(C)c2c1=O. The van der Waals surface area contributed by atoms with Gasteiger partial charge in [-0.25, -0.2) is 4.98 Å². The fraction of sp³-hybridized carbons (Fsp3) is 0.500. The van der Waals surface area contributed by atoms with Crippen molar-refractivity contribution in [3.63, 3.8) is 0 Å². The number of fused-ring (bicyclic) bond motifs is 1. The number of aryl methyl sites for hydroxylation is 2. The van der Waals surface area contributed by atoms with Crippen molar-refractivity contribution in [1.29, 1.82) is 0 Å². The Hall–Kier alpha value is -2.22. The number of carbonyl (C=O) groups is 2. The molecule has 2 aromatic rings. The molecule has 0 spiro atoms. The predicted molar refractivity (Wildman–Crippen MR) is 92.2 cm³/mol. The summed E-state index contributed by atoms with van der Waals surface area (Å²) in [6.07, 6.45) is 1.23. The molecule has 24 heavy (non-hydrogen) atoms. The summed E-state index contributed by atoms with van der Waals surface area (Å²) in [4.78, 5) is 42.1. The molecule has 130 valence electrons. The summed E-state index contributed by atoms with van der Waals surface area (Å²) in [6.45, 7) is 7.47. The molecule has 2 heterocycles. The highest BCUT2D eigenvalue weighted by molar-refractivity contribution is 7.18. The van der Waals surface area contributed by atoms with E-state index in [1.54, 1.807) is 0 Å². The molecular formula is C16H21N3O4S. The van der Waals surface area contributed by atoms with E-state index in [1.165, 1.54) is 29.2 Å². The Morgan fingerprint density at radius 3 is 2.79 bits per heavy atom. The highest BCUT2D eigenvalue weighted by Gasteiger charge is 2.19. The maximum absolute atomic E-state index is 12.5. The number of nitrogens with zero attached hydrogens (tertiary/aromatic N) is 2. The molecule has 8 heteroatoms. The van der Waals surface area contributed by atoms with Gasteiger partial charge < -0.3 is 10.1 Å². The Balaban J connectivity index is 2.11. The Kier molecular flexibility index (Phi) is 5.71. The van der Waals surface area contributed by atoms with E-state index in [9.17, 15) is 14.4 Å². The minimum Gasteiger partial charge on any atom is -0.451 e. The third-order valence-corrected chi connectivity index (χ3v) is 4.80. The number of aromatic nitrogens is 2. The average molecular weight is 351 g/mol. The number of rotatable bonds is 6. The third-order valence-electron chi connectivity index (χ3n) is 3.68. The number of hydrogen-bond acceptors (Lipinski definition) is 6. The molecule has 0 aliphatic carbocycles. The van der Waals surface area contributed by atoms with Crippen molar-refractivity contribution in [2.45, 2.75) is 46.8 Å². The summed E-state index contributed by atoms with van der Waals surface area (Å²) in [6, 6.07) is 0. The molecule has 1 N–H and O–H groups in total. The van der Waals surface area contributed by atoms with E-state index in [2.05, 4.69) is 10.3 Å². The first kappa shape index (κ1) is 18.1. The molecule has 7 nitrogen and oxygen atoms in total. The van der Waals surface area contributed by atoms with Crippen LogP contribution in [0.2, 0.25) is 0 Å². The second-order valence-corrected chi connectivity index (χ2v) is 6.77. The third kappa shape index (κ3) is 3.81. The first-order valence-electron chi connectivity index (χ1n) is 7.77. The van der Waals surface area contributed by atoms with Crippen LogP contribution in [0.15, 0.2) is 11.1 Å². The van der Waals surface area contributed by atoms with Gasteiger partial charge in [-0.1, -0.05) is 6.92 Å². The molecule has 0 fully saturated rings. The minimum absolute atomic E-state index is 0.276. The number of esters is 1. The van der Waals surface area contributed by atoms with Crippen molar-refractivity contribution in [2.24, 2.45) is 0 Å². The number of nitrogens with one attached hydrogen (secondary N) is 1. The van der Waals surface area contributed by atoms with Crippen molar-refractivity contribution in [3.8, 4) is 0 Å². The van der Waals surface area contributed by atoms with Crippen molar-refractivity contribution in [2.75, 3.05) is 6.54 Å². The van der Waals surface area contributed by atoms with Crippen molar-refractivity contribution in [3.05, 3.63) is 27.1 Å². The monoisotopic (exact) mass is 351 g/mol. The molecule has 0 aliphatic rings. The van der Waals surface area contributed by atoms with Gasteiger partial charge in [0.15, 0.2) is 6.10 Å². The van der Waals surface area contributed by atoms with Crippen molar-refractivity contribution in [1.82, 2.24) is 14.9 Å². The molecular weight excluding hydrogens is 330 g/mol. The van der Waals surface area contributed by atoms with Crippen LogP contribution >= 0.6 is 11.3 Å². The number of thiophene rings is 1. The van der Waals surface area contributed by atoms with Crippen molar-refractivity contribution < 1.29 is 14.3 Å². The van der Waals surface area contributed by atoms with E-state index in [1.807, 2.05) is 20.8 Å². The zero-order chi connectivity index (χ0) is 17.9. The highest BCUT2D eigenvalue weighted by Crippen LogP contribution is 2.25. The van der Waals surface area contributed by atoms with Crippen LogP contribution in [-0.4, -0.2) is 34.1 Å². The average Bonchev–Trinajstić information content (AvgIpc) is 2.83. The molecule has 0 aliphatic heterocycles. The number of ether oxygens (including phenoxy) is 1. The normalized spacial score (nSPS) is 12.2. The predicted octanol–water partition coefficient (Wildman–Crippen LogP) is 1.53. The van der Waals surface area contributed by atoms with E-state index >= 15 is 0 Å². The van der Waals surface area contributed by atoms with E-state index in [-0.39, 0.29) is 18.0 Å². The number of carbonyl (C=O) groups excluding carboxylic acids is 2. The summed E-state index contributed by atoms with van der Waals surface area (Å²) in [5.41, 5.74) is 0.601. The van der Waals surface area contributed by atoms with Gasteiger partial charge >= 0.3 is 5.97 Å². The first-order chi connectivity index (χ1) is 11.3. The van der Waals surface area contributed by atoms with Crippen LogP contribution in [0.1, 0.15) is 30.7 Å². The van der Waals surface area contributed by atoms with Gasteiger partial charge in [0.1, 0.15) is 11.4 Å². The van der Waals surface area contributed by atoms with Gasteiger partial charge in [-0.3, -0.25) is 19.0 Å². The van der Waals surface area contributed by atoms with Gasteiger partial charge in [0.25, 0.3) is 11.5 Å². The summed E-state index contributed by atoms with van der Waals surface area (Å²) in [5.74, 6) is -1.00. The molecule has 0 bridgehead atoms. The van der Waals surface area contributed by atoms with E-state index in [0.717, 1.165) is 16.9 Å². The van der Waals surface area contributed by atoms with E-state index in [0.29, 0.717) is 16.8 Å². The van der Waals surface area contributed by atoms with Crippen LogP contribution < -0.4 is 10.9 Å². The lowest BCUT2D eigenvalue weighted by atomic mass is 10.2. The largest absolute Gasteiger partial charge is 0.451 e. The summed E-state index contributed by atoms with van der Waals surface area (Å²) < 4.78 is 6.29. The summed E-state index contributed by atoms with van der Waals surface area (Å²) >= 11 is 1.45. The van der Waals surface area contributed by atoms with E-state index in [4.69, 9.17) is 4.74 Å². The summed E-state index contributed by atoms with van der Waals surface area (Å²) in [7, 11) is 0. The Morgan fingerprint density at radius 1 is 1.42 bits per heavy atom. The fourth-order valence-electron chi connectivity index (χ4n) is 2.20. The number of hydrogen-bond donors (Lipinski definition) is 1. The van der Waals surface area contributed by atoms with Gasteiger partial charge in [-0.2, -0.15) is 0 Å². The Bertz CT molecular complexity index is 825. The zero-order valence-corrected chi connectivity index (χ0v) is 15.0. The van der Waals surface area contributed by atoms with Crippen molar-refractivity contribution >= 4 is 33.4 Å². The molecule has 0 saturated carbocycles. The van der Waals surface area contributed by atoms with Gasteiger partial charge in [0, 0.05) is 11.4 Å².